The Balaban J connectivity index is 0.000000662. The summed E-state index contributed by atoms with van der Waals surface area (Å²) in [6, 6.07) is 34.2. The second-order valence-electron chi connectivity index (χ2n) is 11.9. The molecule has 4 aromatic carbocycles. The van der Waals surface area contributed by atoms with Crippen molar-refractivity contribution in [1.29, 1.82) is 0 Å². The van der Waals surface area contributed by atoms with Gasteiger partial charge < -0.3 is 15.7 Å². The smallest absolute Gasteiger partial charge is 0.400 e. The van der Waals surface area contributed by atoms with E-state index in [4.69, 9.17) is 0 Å². The lowest BCUT2D eigenvalue weighted by Gasteiger charge is -2.36. The van der Waals surface area contributed by atoms with E-state index in [-0.39, 0.29) is 17.7 Å². The summed E-state index contributed by atoms with van der Waals surface area (Å²) in [5.74, 6) is -0.837. The standard InChI is InChI=1S/C36H36N2O3.C2H4F3N/c39-35(33(26-12-3-1-4-13-26)27-14-5-2-6-15-27)38-24-22-37(23-25-38)21-10-9-18-30-28-16-7-8-17-29(28)31-19-11-20-32(34(30)31)36(40)41;3-2(4,5)1-6/h1-8,11-17,19-20,30,33H,9-10,18,21-25H2,(H,40,41);1,6H2. The van der Waals surface area contributed by atoms with Gasteiger partial charge in [0.1, 0.15) is 0 Å². The number of nitrogens with zero attached hydrogens (tertiary/aromatic N) is 2. The third kappa shape index (κ3) is 8.28. The summed E-state index contributed by atoms with van der Waals surface area (Å²) in [4.78, 5) is 30.3. The van der Waals surface area contributed by atoms with Crippen LogP contribution in [0, 0.1) is 0 Å². The Hall–Kier alpha value is -4.47. The van der Waals surface area contributed by atoms with E-state index >= 15 is 0 Å². The first-order chi connectivity index (χ1) is 22.7. The van der Waals surface area contributed by atoms with Crippen molar-refractivity contribution in [2.75, 3.05) is 39.3 Å². The molecule has 0 aromatic heterocycles. The van der Waals surface area contributed by atoms with Crippen LogP contribution in [0.2, 0.25) is 0 Å². The Bertz CT molecular complexity index is 1600. The Morgan fingerprint density at radius 2 is 1.32 bits per heavy atom. The minimum atomic E-state index is -4.18. The van der Waals surface area contributed by atoms with Crippen LogP contribution in [0.4, 0.5) is 13.2 Å². The van der Waals surface area contributed by atoms with Gasteiger partial charge in [-0.2, -0.15) is 13.2 Å². The molecule has 4 aromatic rings. The van der Waals surface area contributed by atoms with E-state index in [1.54, 1.807) is 6.07 Å². The fourth-order valence-corrected chi connectivity index (χ4v) is 6.69. The first kappa shape index (κ1) is 33.9. The molecule has 246 valence electrons. The summed E-state index contributed by atoms with van der Waals surface area (Å²) in [5.41, 5.74) is 11.1. The van der Waals surface area contributed by atoms with Crippen LogP contribution in [0.25, 0.3) is 11.1 Å². The van der Waals surface area contributed by atoms with Gasteiger partial charge in [0.2, 0.25) is 5.91 Å². The van der Waals surface area contributed by atoms with Crippen molar-refractivity contribution in [2.24, 2.45) is 5.73 Å². The number of carboxylic acid groups (broad SMARTS) is 1. The van der Waals surface area contributed by atoms with Crippen molar-refractivity contribution < 1.29 is 27.9 Å². The zero-order valence-corrected chi connectivity index (χ0v) is 26.2. The van der Waals surface area contributed by atoms with Crippen molar-refractivity contribution in [2.45, 2.75) is 37.3 Å². The monoisotopic (exact) mass is 643 g/mol. The van der Waals surface area contributed by atoms with Gasteiger partial charge in [-0.15, -0.1) is 0 Å². The number of amides is 1. The number of piperazine rings is 1. The second kappa shape index (κ2) is 15.4. The van der Waals surface area contributed by atoms with E-state index < -0.39 is 18.7 Å². The maximum absolute atomic E-state index is 13.8. The van der Waals surface area contributed by atoms with Crippen molar-refractivity contribution in [1.82, 2.24) is 9.80 Å². The van der Waals surface area contributed by atoms with E-state index in [0.29, 0.717) is 5.56 Å². The fourth-order valence-electron chi connectivity index (χ4n) is 6.69. The number of rotatable bonds is 9. The highest BCUT2D eigenvalue weighted by Gasteiger charge is 2.33. The normalized spacial score (nSPS) is 15.9. The number of alkyl halides is 3. The van der Waals surface area contributed by atoms with Gasteiger partial charge >= 0.3 is 12.1 Å². The minimum absolute atomic E-state index is 0.121. The van der Waals surface area contributed by atoms with Crippen molar-refractivity contribution >= 4 is 11.9 Å². The lowest BCUT2D eigenvalue weighted by molar-refractivity contribution is -0.133. The van der Waals surface area contributed by atoms with Crippen LogP contribution in [0.1, 0.15) is 63.7 Å². The Morgan fingerprint density at radius 3 is 1.89 bits per heavy atom. The maximum Gasteiger partial charge on any atom is 0.400 e. The summed E-state index contributed by atoms with van der Waals surface area (Å²) in [5, 5.41) is 9.88. The number of hydrogen-bond acceptors (Lipinski definition) is 4. The molecule has 0 saturated carbocycles. The van der Waals surface area contributed by atoms with E-state index in [1.807, 2.05) is 77.7 Å². The van der Waals surface area contributed by atoms with E-state index in [9.17, 15) is 27.9 Å². The third-order valence-corrected chi connectivity index (χ3v) is 8.96. The number of benzene rings is 4. The maximum atomic E-state index is 13.8. The molecule has 1 fully saturated rings. The largest absolute Gasteiger partial charge is 0.478 e. The molecule has 3 N–H and O–H groups in total. The zero-order valence-electron chi connectivity index (χ0n) is 26.2. The van der Waals surface area contributed by atoms with Gasteiger partial charge in [-0.1, -0.05) is 103 Å². The number of carbonyl (C=O) groups excluding carboxylic acids is 1. The lowest BCUT2D eigenvalue weighted by Crippen LogP contribution is -2.50. The Kier molecular flexibility index (Phi) is 11.1. The molecule has 0 radical (unpaired) electrons. The molecular formula is C38H40F3N3O3. The van der Waals surface area contributed by atoms with Crippen molar-refractivity contribution in [3.8, 4) is 11.1 Å². The predicted octanol–water partition coefficient (Wildman–Crippen LogP) is 7.15. The number of fused-ring (bicyclic) bond motifs is 3. The summed E-state index contributed by atoms with van der Waals surface area (Å²) in [7, 11) is 0. The van der Waals surface area contributed by atoms with Gasteiger partial charge in [-0.05, 0) is 58.8 Å². The molecule has 1 unspecified atom stereocenters. The molecule has 1 saturated heterocycles. The highest BCUT2D eigenvalue weighted by atomic mass is 19.4. The average molecular weight is 644 g/mol. The molecule has 47 heavy (non-hydrogen) atoms. The molecule has 6 rings (SSSR count). The van der Waals surface area contributed by atoms with Gasteiger partial charge in [0, 0.05) is 32.1 Å². The molecule has 2 aliphatic rings. The van der Waals surface area contributed by atoms with Gasteiger partial charge in [0.05, 0.1) is 18.0 Å². The van der Waals surface area contributed by atoms with Crippen molar-refractivity contribution in [3.63, 3.8) is 0 Å². The van der Waals surface area contributed by atoms with E-state index in [2.05, 4.69) is 34.9 Å². The van der Waals surface area contributed by atoms with E-state index in [0.717, 1.165) is 74.2 Å². The molecule has 1 amide bonds. The molecule has 6 nitrogen and oxygen atoms in total. The van der Waals surface area contributed by atoms with Crippen LogP contribution in [-0.2, 0) is 4.79 Å². The van der Waals surface area contributed by atoms with Gasteiger partial charge in [0.25, 0.3) is 0 Å². The Labute approximate surface area is 273 Å². The Morgan fingerprint density at radius 1 is 0.766 bits per heavy atom. The topological polar surface area (TPSA) is 86.9 Å². The van der Waals surface area contributed by atoms with Crippen LogP contribution in [0.5, 0.6) is 0 Å². The van der Waals surface area contributed by atoms with Gasteiger partial charge in [-0.25, -0.2) is 4.79 Å². The quantitative estimate of drug-likeness (QED) is 0.189. The molecule has 0 spiro atoms. The van der Waals surface area contributed by atoms with Crippen LogP contribution < -0.4 is 5.73 Å². The average Bonchev–Trinajstić information content (AvgIpc) is 3.41. The lowest BCUT2D eigenvalue weighted by atomic mass is 9.88. The number of carboxylic acids is 1. The van der Waals surface area contributed by atoms with Gasteiger partial charge in [-0.3, -0.25) is 9.69 Å². The molecular weight excluding hydrogens is 603 g/mol. The first-order valence-electron chi connectivity index (χ1n) is 16.0. The molecule has 1 atom stereocenters. The summed E-state index contributed by atoms with van der Waals surface area (Å²) in [6.45, 7) is 2.99. The summed E-state index contributed by atoms with van der Waals surface area (Å²) >= 11 is 0. The number of halogens is 3. The fraction of sp³-hybridized carbons (Fsp3) is 0.316. The van der Waals surface area contributed by atoms with Crippen LogP contribution in [0.15, 0.2) is 103 Å². The number of hydrogen-bond donors (Lipinski definition) is 2. The first-order valence-corrected chi connectivity index (χ1v) is 16.0. The predicted molar refractivity (Wildman–Crippen MR) is 177 cm³/mol. The molecule has 1 heterocycles. The highest BCUT2D eigenvalue weighted by Crippen LogP contribution is 2.48. The second-order valence-corrected chi connectivity index (χ2v) is 11.9. The number of aromatic carboxylic acids is 1. The minimum Gasteiger partial charge on any atom is -0.478 e. The SMILES string of the molecule is NCC(F)(F)F.O=C(O)c1cccc2c1C(CCCCN1CCN(C(=O)C(c3ccccc3)c3ccccc3)CC1)c1ccccc1-2. The number of unbranched alkanes of at least 4 members (excludes halogenated alkanes) is 1. The van der Waals surface area contributed by atoms with Crippen molar-refractivity contribution in [3.05, 3.63) is 131 Å². The molecule has 0 bridgehead atoms. The zero-order chi connectivity index (χ0) is 33.4. The van der Waals surface area contributed by atoms with Gasteiger partial charge in [0.15, 0.2) is 0 Å². The number of nitrogens with two attached hydrogens (primary N) is 1. The molecule has 1 aliphatic heterocycles. The van der Waals surface area contributed by atoms with E-state index in [1.165, 1.54) is 11.1 Å². The third-order valence-electron chi connectivity index (χ3n) is 8.96. The highest BCUT2D eigenvalue weighted by molar-refractivity contribution is 5.95. The van der Waals surface area contributed by atoms with Crippen LogP contribution in [0.3, 0.4) is 0 Å². The number of carbonyl (C=O) groups is 2. The molecule has 9 heteroatoms. The van der Waals surface area contributed by atoms with Crippen LogP contribution >= 0.6 is 0 Å². The van der Waals surface area contributed by atoms with Crippen LogP contribution in [-0.4, -0.2) is 72.2 Å². The summed E-state index contributed by atoms with van der Waals surface area (Å²) in [6.07, 6.45) is -1.17. The molecule has 1 aliphatic carbocycles. The summed E-state index contributed by atoms with van der Waals surface area (Å²) < 4.78 is 32.0.